The van der Waals surface area contributed by atoms with Crippen LogP contribution >= 0.6 is 0 Å². The quantitative estimate of drug-likeness (QED) is 0.230. The molecule has 0 heterocycles. The molecule has 4 aliphatic carbocycles. The van der Waals surface area contributed by atoms with E-state index in [0.717, 1.165) is 37.7 Å². The third-order valence-electron chi connectivity index (χ3n) is 12.4. The Kier molecular flexibility index (Phi) is 6.84. The molecule has 0 bridgehead atoms. The lowest BCUT2D eigenvalue weighted by molar-refractivity contribution is -0.191. The molecule has 0 aromatic rings. The van der Waals surface area contributed by atoms with Gasteiger partial charge in [-0.1, -0.05) is 46.3 Å². The van der Waals surface area contributed by atoms with Crippen LogP contribution in [-0.4, -0.2) is 46.8 Å². The first-order valence-corrected chi connectivity index (χ1v) is 16.4. The molecule has 3 fully saturated rings. The van der Waals surface area contributed by atoms with Crippen LogP contribution in [0.15, 0.2) is 34.3 Å². The van der Waals surface area contributed by atoms with Crippen molar-refractivity contribution in [1.82, 2.24) is 0 Å². The fourth-order valence-electron chi connectivity index (χ4n) is 9.24. The Labute approximate surface area is 234 Å². The average molecular weight is 564 g/mol. The van der Waals surface area contributed by atoms with E-state index in [1.54, 1.807) is 13.8 Å². The van der Waals surface area contributed by atoms with Gasteiger partial charge in [-0.3, -0.25) is 4.79 Å². The van der Waals surface area contributed by atoms with Gasteiger partial charge in [0.15, 0.2) is 15.6 Å². The molecule has 5 N–H and O–H groups in total. The molecule has 4 rings (SSSR count). The van der Waals surface area contributed by atoms with E-state index in [4.69, 9.17) is 5.73 Å². The summed E-state index contributed by atoms with van der Waals surface area (Å²) in [5, 5.41) is 30.3. The maximum Gasteiger partial charge on any atom is 0.309 e. The van der Waals surface area contributed by atoms with E-state index in [0.29, 0.717) is 30.4 Å². The monoisotopic (exact) mass is 563 g/mol. The van der Waals surface area contributed by atoms with Crippen LogP contribution in [0.4, 0.5) is 0 Å². The topological polar surface area (TPSA) is 138 Å². The largest absolute Gasteiger partial charge is 0.508 e. The molecule has 0 saturated heterocycles. The summed E-state index contributed by atoms with van der Waals surface area (Å²) in [5.41, 5.74) is 6.68. The lowest BCUT2D eigenvalue weighted by atomic mass is 9.32. The molecule has 220 valence electrons. The van der Waals surface area contributed by atoms with Gasteiger partial charge in [-0.2, -0.15) is 0 Å². The molecule has 3 saturated carbocycles. The molecule has 0 aliphatic heterocycles. The Morgan fingerprint density at radius 1 is 1.00 bits per heavy atom. The minimum Gasteiger partial charge on any atom is -0.508 e. The molecule has 0 spiro atoms. The van der Waals surface area contributed by atoms with Crippen LogP contribution < -0.4 is 5.73 Å². The minimum atomic E-state index is -3.59. The third-order valence-corrected chi connectivity index (χ3v) is 13.8. The van der Waals surface area contributed by atoms with Crippen molar-refractivity contribution in [2.75, 3.05) is 6.26 Å². The molecule has 1 unspecified atom stereocenters. The predicted octanol–water partition coefficient (Wildman–Crippen LogP) is 6.37. The third kappa shape index (κ3) is 3.98. The molecular formula is C31H49NO6S. The summed E-state index contributed by atoms with van der Waals surface area (Å²) in [6.07, 6.45) is 8.95. The fourth-order valence-corrected chi connectivity index (χ4v) is 10.4. The van der Waals surface area contributed by atoms with Gasteiger partial charge in [-0.25, -0.2) is 8.42 Å². The summed E-state index contributed by atoms with van der Waals surface area (Å²) < 4.78 is 26.5. The predicted molar refractivity (Wildman–Crippen MR) is 154 cm³/mol. The lowest BCUT2D eigenvalue weighted by Crippen LogP contribution is -2.76. The lowest BCUT2D eigenvalue weighted by Gasteiger charge is -2.74. The van der Waals surface area contributed by atoms with Crippen molar-refractivity contribution in [3.05, 3.63) is 34.3 Å². The van der Waals surface area contributed by atoms with Crippen molar-refractivity contribution in [3.63, 3.8) is 0 Å². The van der Waals surface area contributed by atoms with Crippen LogP contribution in [0.5, 0.6) is 0 Å². The maximum atomic E-state index is 13.3. The van der Waals surface area contributed by atoms with Crippen molar-refractivity contribution >= 4 is 15.8 Å². The Balaban J connectivity index is 1.94. The normalized spacial score (nSPS) is 46.2. The van der Waals surface area contributed by atoms with Crippen molar-refractivity contribution in [2.45, 2.75) is 117 Å². The first-order chi connectivity index (χ1) is 17.6. The van der Waals surface area contributed by atoms with Gasteiger partial charge in [0.25, 0.3) is 0 Å². The molecule has 0 amide bonds. The molecule has 0 aromatic carbocycles. The second kappa shape index (κ2) is 8.85. The molecule has 8 heteroatoms. The second-order valence-corrected chi connectivity index (χ2v) is 16.8. The number of sulfone groups is 1. The number of carboxylic acid groups (broad SMARTS) is 1. The highest BCUT2D eigenvalue weighted by atomic mass is 32.2. The summed E-state index contributed by atoms with van der Waals surface area (Å²) in [7, 11) is -3.59. The first kappa shape index (κ1) is 30.2. The Bertz CT molecular complexity index is 1300. The number of carboxylic acids is 1. The number of hydrogen-bond acceptors (Lipinski definition) is 6. The Morgan fingerprint density at radius 3 is 2.13 bits per heavy atom. The second-order valence-electron chi connectivity index (χ2n) is 14.6. The van der Waals surface area contributed by atoms with Gasteiger partial charge >= 0.3 is 5.97 Å². The number of rotatable bonds is 4. The number of allylic oxidation sites excluding steroid dienone is 3. The van der Waals surface area contributed by atoms with Crippen LogP contribution in [-0.2, 0) is 14.6 Å². The van der Waals surface area contributed by atoms with Gasteiger partial charge < -0.3 is 21.1 Å². The van der Waals surface area contributed by atoms with E-state index in [1.165, 1.54) is 6.26 Å². The molecule has 4 aliphatic rings. The van der Waals surface area contributed by atoms with E-state index >= 15 is 0 Å². The Hall–Kier alpha value is -1.80. The molecule has 7 nitrogen and oxygen atoms in total. The van der Waals surface area contributed by atoms with Gasteiger partial charge in [-0.05, 0) is 98.0 Å². The molecule has 0 radical (unpaired) electrons. The summed E-state index contributed by atoms with van der Waals surface area (Å²) in [5.74, 6) is -1.18. The fraction of sp³-hybridized carbons (Fsp3) is 0.774. The molecule has 0 aromatic heterocycles. The highest BCUT2D eigenvalue weighted by molar-refractivity contribution is 7.91. The number of aliphatic hydroxyl groups excluding tert-OH is 2. The summed E-state index contributed by atoms with van der Waals surface area (Å²) in [6.45, 7) is 14.2. The highest BCUT2D eigenvalue weighted by Gasteiger charge is 2.72. The number of carbonyl (C=O) groups is 1. The van der Waals surface area contributed by atoms with Crippen LogP contribution in [0.2, 0.25) is 0 Å². The van der Waals surface area contributed by atoms with Gasteiger partial charge in [0.2, 0.25) is 0 Å². The first-order valence-electron chi connectivity index (χ1n) is 14.4. The van der Waals surface area contributed by atoms with Gasteiger partial charge in [-0.15, -0.1) is 0 Å². The molecule has 7 atom stereocenters. The van der Waals surface area contributed by atoms with Gasteiger partial charge in [0, 0.05) is 18.2 Å². The minimum absolute atomic E-state index is 0.147. The summed E-state index contributed by atoms with van der Waals surface area (Å²) in [6, 6.07) is 0. The zero-order chi connectivity index (χ0) is 29.6. The van der Waals surface area contributed by atoms with E-state index in [9.17, 15) is 28.5 Å². The SMILES string of the molecule is CC/C(O)=C(O)\C(C)=C1/C[C@]2(C)CC[C@@]3(C)[C@]4(N)C[C@](C)(C(=O)O)CC[C@]4(C)CC[C@]3(C)C2=CC1S(C)(=O)=O. The van der Waals surface area contributed by atoms with E-state index in [-0.39, 0.29) is 28.8 Å². The van der Waals surface area contributed by atoms with Gasteiger partial charge in [0.1, 0.15) is 11.0 Å². The van der Waals surface area contributed by atoms with Gasteiger partial charge in [0.05, 0.1) is 5.41 Å². The van der Waals surface area contributed by atoms with Crippen LogP contribution in [0.25, 0.3) is 0 Å². The number of nitrogens with two attached hydrogens (primary N) is 1. The zero-order valence-corrected chi connectivity index (χ0v) is 25.9. The number of aliphatic hydroxyl groups is 2. The highest BCUT2D eigenvalue weighted by Crippen LogP contribution is 2.75. The summed E-state index contributed by atoms with van der Waals surface area (Å²) in [4.78, 5) is 12.4. The smallest absolute Gasteiger partial charge is 0.309 e. The van der Waals surface area contributed by atoms with E-state index in [2.05, 4.69) is 27.7 Å². The van der Waals surface area contributed by atoms with E-state index in [1.807, 2.05) is 13.0 Å². The average Bonchev–Trinajstić information content (AvgIpc) is 2.84. The van der Waals surface area contributed by atoms with Crippen LogP contribution in [0.3, 0.4) is 0 Å². The number of fused-ring (bicyclic) bond motifs is 5. The number of hydrogen-bond donors (Lipinski definition) is 4. The standard InChI is InChI=1S/C31H49NO6S/c1-9-21(33)24(34)19(2)20-17-26(3)11-15-30(7)29(6,23(26)16-22(20)39(8,37)38)14-13-28(5)12-10-27(4,25(35)36)18-31(28,30)32/h16,22,33-34H,9-15,17-18,32H2,1-8H3,(H,35,36)/b20-19+,24-21-/t22?,26-,27+,28+,29+,30+,31-/m0/s1. The van der Waals surface area contributed by atoms with Crippen LogP contribution in [0, 0.1) is 27.1 Å². The molecule has 39 heavy (non-hydrogen) atoms. The Morgan fingerprint density at radius 2 is 1.59 bits per heavy atom. The van der Waals surface area contributed by atoms with E-state index < -0.39 is 42.8 Å². The summed E-state index contributed by atoms with van der Waals surface area (Å²) >= 11 is 0. The van der Waals surface area contributed by atoms with Crippen molar-refractivity contribution in [3.8, 4) is 0 Å². The zero-order valence-electron chi connectivity index (χ0n) is 25.1. The van der Waals surface area contributed by atoms with Crippen molar-refractivity contribution < 1.29 is 28.5 Å². The van der Waals surface area contributed by atoms with Crippen LogP contribution in [0.1, 0.15) is 106 Å². The maximum absolute atomic E-state index is 13.3. The van der Waals surface area contributed by atoms with Crippen molar-refractivity contribution in [1.29, 1.82) is 0 Å². The van der Waals surface area contributed by atoms with Crippen molar-refractivity contribution in [2.24, 2.45) is 32.8 Å². The number of aliphatic carboxylic acids is 1. The molecular weight excluding hydrogens is 514 g/mol.